The molecule has 1 saturated heterocycles. The lowest BCUT2D eigenvalue weighted by atomic mass is 9.92. The third kappa shape index (κ3) is 3.74. The summed E-state index contributed by atoms with van der Waals surface area (Å²) >= 11 is 0.425. The Morgan fingerprint density at radius 2 is 2.04 bits per heavy atom. The van der Waals surface area contributed by atoms with Crippen molar-refractivity contribution in [2.75, 3.05) is 19.7 Å². The second-order valence-corrected chi connectivity index (χ2v) is 7.27. The van der Waals surface area contributed by atoms with E-state index in [9.17, 15) is 31.5 Å². The lowest BCUT2D eigenvalue weighted by molar-refractivity contribution is -0.136. The standard InChI is InChI=1S/C16H13F5N2O4S/c17-14(18)27-10-8-2-1-3-9(16(19,20)21)11(8)28-12(10)13(25)23-4-15(22,5-23)6-26-7-24/h1-3,7,14H,4-6,22H2. The van der Waals surface area contributed by atoms with Gasteiger partial charge < -0.3 is 20.1 Å². The molecule has 0 bridgehead atoms. The van der Waals surface area contributed by atoms with Crippen LogP contribution in [-0.2, 0) is 15.7 Å². The number of halogens is 5. The first kappa shape index (κ1) is 20.3. The number of ether oxygens (including phenoxy) is 2. The molecule has 2 heterocycles. The van der Waals surface area contributed by atoms with Crippen molar-refractivity contribution in [2.24, 2.45) is 5.73 Å². The summed E-state index contributed by atoms with van der Waals surface area (Å²) in [4.78, 5) is 23.7. The fourth-order valence-electron chi connectivity index (χ4n) is 2.96. The van der Waals surface area contributed by atoms with Gasteiger partial charge in [0.05, 0.1) is 15.8 Å². The number of carbonyl (C=O) groups is 2. The van der Waals surface area contributed by atoms with Crippen LogP contribution in [0.4, 0.5) is 22.0 Å². The Balaban J connectivity index is 1.98. The molecule has 6 nitrogen and oxygen atoms in total. The predicted octanol–water partition coefficient (Wildman–Crippen LogP) is 2.85. The molecule has 0 radical (unpaired) electrons. The average Bonchev–Trinajstić information content (AvgIpc) is 2.94. The maximum atomic E-state index is 13.2. The SMILES string of the molecule is NC1(COC=O)CN(C(=O)c2sc3c(C(F)(F)F)cccc3c2OC(F)F)C1. The van der Waals surface area contributed by atoms with Crippen LogP contribution in [0.3, 0.4) is 0 Å². The van der Waals surface area contributed by atoms with E-state index in [0.717, 1.165) is 17.0 Å². The number of nitrogens with zero attached hydrogens (tertiary/aromatic N) is 1. The minimum absolute atomic E-state index is 0.0613. The second-order valence-electron chi connectivity index (χ2n) is 6.25. The third-order valence-corrected chi connectivity index (χ3v) is 5.32. The Morgan fingerprint density at radius 3 is 2.61 bits per heavy atom. The Bertz CT molecular complexity index is 908. The van der Waals surface area contributed by atoms with Gasteiger partial charge in [0.25, 0.3) is 12.4 Å². The Kier molecular flexibility index (Phi) is 5.19. The van der Waals surface area contributed by atoms with Crippen molar-refractivity contribution >= 4 is 33.8 Å². The molecule has 1 aliphatic rings. The molecule has 1 aromatic heterocycles. The van der Waals surface area contributed by atoms with Gasteiger partial charge in [0.1, 0.15) is 11.5 Å². The van der Waals surface area contributed by atoms with Crippen LogP contribution < -0.4 is 10.5 Å². The number of thiophene rings is 1. The van der Waals surface area contributed by atoms with Crippen molar-refractivity contribution in [3.8, 4) is 5.75 Å². The highest BCUT2D eigenvalue weighted by molar-refractivity contribution is 7.21. The fourth-order valence-corrected chi connectivity index (χ4v) is 4.19. The lowest BCUT2D eigenvalue weighted by Gasteiger charge is -2.46. The van der Waals surface area contributed by atoms with E-state index >= 15 is 0 Å². The minimum Gasteiger partial charge on any atom is -0.466 e. The van der Waals surface area contributed by atoms with Gasteiger partial charge in [-0.2, -0.15) is 22.0 Å². The molecule has 1 aliphatic heterocycles. The smallest absolute Gasteiger partial charge is 0.417 e. The van der Waals surface area contributed by atoms with Crippen LogP contribution in [0.5, 0.6) is 5.75 Å². The highest BCUT2D eigenvalue weighted by atomic mass is 32.1. The molecule has 0 unspecified atom stereocenters. The van der Waals surface area contributed by atoms with Crippen molar-refractivity contribution < 1.29 is 41.0 Å². The average molecular weight is 424 g/mol. The molecular weight excluding hydrogens is 411 g/mol. The maximum Gasteiger partial charge on any atom is 0.417 e. The summed E-state index contributed by atoms with van der Waals surface area (Å²) in [7, 11) is 0. The van der Waals surface area contributed by atoms with Crippen LogP contribution in [-0.4, -0.2) is 49.1 Å². The van der Waals surface area contributed by atoms with Gasteiger partial charge in [-0.3, -0.25) is 9.59 Å². The molecule has 2 aromatic rings. The van der Waals surface area contributed by atoms with Crippen LogP contribution in [0.15, 0.2) is 18.2 Å². The first-order valence-corrected chi connectivity index (χ1v) is 8.58. The van der Waals surface area contributed by atoms with Crippen LogP contribution >= 0.6 is 11.3 Å². The summed E-state index contributed by atoms with van der Waals surface area (Å²) in [6, 6.07) is 3.02. The van der Waals surface area contributed by atoms with Crippen LogP contribution in [0, 0.1) is 0 Å². The monoisotopic (exact) mass is 424 g/mol. The molecule has 0 saturated carbocycles. The van der Waals surface area contributed by atoms with Gasteiger partial charge in [-0.05, 0) is 12.1 Å². The van der Waals surface area contributed by atoms with Gasteiger partial charge in [-0.25, -0.2) is 0 Å². The first-order valence-electron chi connectivity index (χ1n) is 7.77. The predicted molar refractivity (Wildman–Crippen MR) is 88.3 cm³/mol. The number of carbonyl (C=O) groups excluding carboxylic acids is 2. The molecule has 2 N–H and O–H groups in total. The largest absolute Gasteiger partial charge is 0.466 e. The van der Waals surface area contributed by atoms with Crippen molar-refractivity contribution in [2.45, 2.75) is 18.3 Å². The molecule has 0 atom stereocenters. The summed E-state index contributed by atoms with van der Waals surface area (Å²) in [5, 5.41) is -0.229. The Morgan fingerprint density at radius 1 is 1.36 bits per heavy atom. The van der Waals surface area contributed by atoms with Gasteiger partial charge in [0, 0.05) is 18.5 Å². The zero-order chi connectivity index (χ0) is 20.7. The maximum absolute atomic E-state index is 13.2. The molecule has 1 amide bonds. The third-order valence-electron chi connectivity index (χ3n) is 4.11. The summed E-state index contributed by atoms with van der Waals surface area (Å²) < 4.78 is 74.0. The van der Waals surface area contributed by atoms with Crippen LogP contribution in [0.2, 0.25) is 0 Å². The van der Waals surface area contributed by atoms with E-state index in [1.54, 1.807) is 0 Å². The number of benzene rings is 1. The van der Waals surface area contributed by atoms with Crippen LogP contribution in [0.1, 0.15) is 15.2 Å². The summed E-state index contributed by atoms with van der Waals surface area (Å²) in [5.41, 5.74) is 3.84. The van der Waals surface area contributed by atoms with Crippen molar-refractivity contribution in [3.63, 3.8) is 0 Å². The molecule has 1 fully saturated rings. The summed E-state index contributed by atoms with van der Waals surface area (Å²) in [6.45, 7) is -3.42. The van der Waals surface area contributed by atoms with Gasteiger partial charge in [0.15, 0.2) is 5.75 Å². The van der Waals surface area contributed by atoms with E-state index in [2.05, 4.69) is 9.47 Å². The fraction of sp³-hybridized carbons (Fsp3) is 0.375. The molecule has 1 aromatic carbocycles. The van der Waals surface area contributed by atoms with E-state index in [1.165, 1.54) is 6.07 Å². The van der Waals surface area contributed by atoms with Gasteiger partial charge in [0.2, 0.25) is 0 Å². The number of alkyl halides is 5. The molecular formula is C16H13F5N2O4S. The van der Waals surface area contributed by atoms with E-state index in [4.69, 9.17) is 5.73 Å². The molecule has 0 aliphatic carbocycles. The number of fused-ring (bicyclic) bond motifs is 1. The number of rotatable bonds is 6. The zero-order valence-corrected chi connectivity index (χ0v) is 14.8. The van der Waals surface area contributed by atoms with Crippen molar-refractivity contribution in [1.82, 2.24) is 4.90 Å². The highest BCUT2D eigenvalue weighted by Gasteiger charge is 2.44. The number of likely N-dealkylation sites (tertiary alicyclic amines) is 1. The zero-order valence-electron chi connectivity index (χ0n) is 14.0. The number of hydrogen-bond acceptors (Lipinski definition) is 6. The van der Waals surface area contributed by atoms with E-state index in [-0.39, 0.29) is 41.1 Å². The van der Waals surface area contributed by atoms with E-state index < -0.39 is 35.5 Å². The van der Waals surface area contributed by atoms with E-state index in [0.29, 0.717) is 11.3 Å². The topological polar surface area (TPSA) is 81.9 Å². The number of hydrogen-bond donors (Lipinski definition) is 1. The first-order chi connectivity index (χ1) is 13.1. The molecule has 0 spiro atoms. The molecule has 3 rings (SSSR count). The van der Waals surface area contributed by atoms with Crippen molar-refractivity contribution in [3.05, 3.63) is 28.6 Å². The van der Waals surface area contributed by atoms with Crippen molar-refractivity contribution in [1.29, 1.82) is 0 Å². The summed E-state index contributed by atoms with van der Waals surface area (Å²) in [6.07, 6.45) is -4.73. The Labute approximate surface area is 158 Å². The molecule has 28 heavy (non-hydrogen) atoms. The second kappa shape index (κ2) is 7.17. The molecule has 12 heteroatoms. The highest BCUT2D eigenvalue weighted by Crippen LogP contribution is 2.45. The van der Waals surface area contributed by atoms with E-state index in [1.807, 2.05) is 0 Å². The Hall–Kier alpha value is -2.47. The quantitative estimate of drug-likeness (QED) is 0.570. The number of amides is 1. The minimum atomic E-state index is -4.73. The normalized spacial score (nSPS) is 16.2. The lowest BCUT2D eigenvalue weighted by Crippen LogP contribution is -2.70. The molecule has 152 valence electrons. The van der Waals surface area contributed by atoms with Crippen LogP contribution in [0.25, 0.3) is 10.1 Å². The summed E-state index contributed by atoms with van der Waals surface area (Å²) in [5.74, 6) is -1.40. The number of nitrogens with two attached hydrogens (primary N) is 1. The van der Waals surface area contributed by atoms with Gasteiger partial charge in [-0.1, -0.05) is 6.07 Å². The van der Waals surface area contributed by atoms with Gasteiger partial charge >= 0.3 is 12.8 Å². The van der Waals surface area contributed by atoms with Gasteiger partial charge in [-0.15, -0.1) is 11.3 Å².